The summed E-state index contributed by atoms with van der Waals surface area (Å²) in [5, 5.41) is 0. The van der Waals surface area contributed by atoms with Crippen molar-refractivity contribution in [2.75, 3.05) is 13.2 Å². The minimum atomic E-state index is -5.03. The Morgan fingerprint density at radius 3 is 0.907 bits per heavy atom. The second kappa shape index (κ2) is 64.3. The fraction of sp³-hybridized carbons (Fsp3) is 0.733. The van der Waals surface area contributed by atoms with E-state index in [0.29, 0.717) is 32.1 Å². The average Bonchev–Trinajstić information content (AvgIpc) is 3.60. The van der Waals surface area contributed by atoms with Gasteiger partial charge in [0.05, 0.1) is 6.61 Å². The first-order valence-corrected chi connectivity index (χ1v) is 36.9. The number of carbonyl (C=O) groups excluding carboxylic acids is 4. The first-order chi connectivity index (χ1) is 42.0. The van der Waals surface area contributed by atoms with Crippen LogP contribution in [0.15, 0.2) is 97.2 Å². The second-order valence-corrected chi connectivity index (χ2v) is 25.0. The molecule has 0 spiro atoms. The maximum Gasteiger partial charge on any atom is 0.469 e. The summed E-state index contributed by atoms with van der Waals surface area (Å²) in [4.78, 5) is 75.2. The van der Waals surface area contributed by atoms with Gasteiger partial charge in [0.2, 0.25) is 0 Å². The Balaban J connectivity index is 5.83. The molecule has 0 amide bonds. The number of hydrogen-bond donors (Lipinski definition) is 2. The highest BCUT2D eigenvalue weighted by Crippen LogP contribution is 2.36. The quantitative estimate of drug-likeness (QED) is 0.0198. The predicted molar refractivity (Wildman–Crippen MR) is 364 cm³/mol. The normalized spacial score (nSPS) is 13.6. The monoisotopic (exact) mass is 1220 g/mol. The fourth-order valence-corrected chi connectivity index (χ4v) is 10.5. The number of phosphoric ester groups is 1. The van der Waals surface area contributed by atoms with E-state index in [1.54, 1.807) is 0 Å². The van der Waals surface area contributed by atoms with Crippen molar-refractivity contribution in [3.8, 4) is 0 Å². The van der Waals surface area contributed by atoms with Crippen molar-refractivity contribution in [1.29, 1.82) is 0 Å². The molecule has 0 aromatic heterocycles. The molecule has 0 rings (SSSR count). The first-order valence-electron chi connectivity index (χ1n) is 35.3. The third-order valence-corrected chi connectivity index (χ3v) is 16.1. The fourth-order valence-electron chi connectivity index (χ4n) is 10.2. The van der Waals surface area contributed by atoms with E-state index in [-0.39, 0.29) is 30.8 Å². The van der Waals surface area contributed by atoms with E-state index in [1.807, 2.05) is 0 Å². The van der Waals surface area contributed by atoms with Crippen LogP contribution in [0.5, 0.6) is 0 Å². The standard InChI is InChI=1S/C75H129O10P/c1-5-9-13-17-21-25-29-33-37-41-45-49-53-57-61-65-72(76)70(63-59-55-51-47-43-39-35-31-27-23-19-15-11-7-3)74(78)83-67-69(68-84-86(80,81)82)85-75(79)71(64-60-56-52-48-44-40-36-32-28-24-20-16-12-8-4)73(77)66-62-58-54-50-46-42-38-34-30-26-22-18-14-10-6-2/h21-28,33-40,69-71H,5-20,29-32,41-68H2,1-4H3,(H2,80,81,82)/b25-21-,26-22-,27-23-,28-24-,37-33-,38-34-,39-35-,40-36-. The van der Waals surface area contributed by atoms with Gasteiger partial charge in [-0.1, -0.05) is 253 Å². The molecule has 0 bridgehead atoms. The van der Waals surface area contributed by atoms with E-state index in [2.05, 4.69) is 125 Å². The van der Waals surface area contributed by atoms with Gasteiger partial charge in [-0.2, -0.15) is 0 Å². The summed E-state index contributed by atoms with van der Waals surface area (Å²) in [7, 11) is -5.03. The summed E-state index contributed by atoms with van der Waals surface area (Å²) in [5.41, 5.74) is 0. The molecule has 86 heavy (non-hydrogen) atoms. The van der Waals surface area contributed by atoms with Crippen LogP contribution in [0.4, 0.5) is 0 Å². The van der Waals surface area contributed by atoms with Crippen LogP contribution in [0.2, 0.25) is 0 Å². The summed E-state index contributed by atoms with van der Waals surface area (Å²) in [6, 6.07) is 0. The van der Waals surface area contributed by atoms with Gasteiger partial charge >= 0.3 is 19.8 Å². The highest BCUT2D eigenvalue weighted by Gasteiger charge is 2.33. The molecule has 11 heteroatoms. The second-order valence-electron chi connectivity index (χ2n) is 23.8. The Kier molecular flexibility index (Phi) is 61.5. The number of allylic oxidation sites excluding steroid dienone is 16. The first kappa shape index (κ1) is 82.3. The van der Waals surface area contributed by atoms with E-state index in [4.69, 9.17) is 14.0 Å². The molecule has 0 heterocycles. The third kappa shape index (κ3) is 58.0. The van der Waals surface area contributed by atoms with Crippen molar-refractivity contribution < 1.29 is 47.5 Å². The Morgan fingerprint density at radius 2 is 0.605 bits per heavy atom. The molecule has 10 nitrogen and oxygen atoms in total. The minimum Gasteiger partial charge on any atom is -0.461 e. The van der Waals surface area contributed by atoms with Crippen LogP contribution in [0.3, 0.4) is 0 Å². The highest BCUT2D eigenvalue weighted by atomic mass is 31.2. The summed E-state index contributed by atoms with van der Waals surface area (Å²) < 4.78 is 28.4. The van der Waals surface area contributed by atoms with Gasteiger partial charge in [0, 0.05) is 12.8 Å². The lowest BCUT2D eigenvalue weighted by molar-refractivity contribution is -0.169. The van der Waals surface area contributed by atoms with Crippen molar-refractivity contribution >= 4 is 31.3 Å². The van der Waals surface area contributed by atoms with Crippen LogP contribution < -0.4 is 0 Å². The number of ether oxygens (including phenoxy) is 2. The molecular weight excluding hydrogens is 1090 g/mol. The van der Waals surface area contributed by atoms with Crippen LogP contribution in [-0.2, 0) is 37.7 Å². The molecule has 0 fully saturated rings. The van der Waals surface area contributed by atoms with E-state index in [0.717, 1.165) is 167 Å². The number of ketones is 2. The number of esters is 2. The zero-order chi connectivity index (χ0) is 62.9. The van der Waals surface area contributed by atoms with Gasteiger partial charge in [0.15, 0.2) is 6.10 Å². The molecular formula is C75H129O10P. The number of hydrogen-bond acceptors (Lipinski definition) is 8. The van der Waals surface area contributed by atoms with Gasteiger partial charge in [0.1, 0.15) is 30.0 Å². The molecule has 0 saturated carbocycles. The van der Waals surface area contributed by atoms with Gasteiger partial charge < -0.3 is 19.3 Å². The maximum atomic E-state index is 14.1. The number of rotatable bonds is 64. The average molecular weight is 1220 g/mol. The molecule has 0 radical (unpaired) electrons. The Hall–Kier alpha value is -3.69. The van der Waals surface area contributed by atoms with Crippen molar-refractivity contribution in [3.05, 3.63) is 97.2 Å². The topological polar surface area (TPSA) is 154 Å². The Labute approximate surface area is 527 Å². The van der Waals surface area contributed by atoms with Crippen LogP contribution in [0.1, 0.15) is 323 Å². The molecule has 0 saturated heterocycles. The SMILES string of the molecule is CCCCC/C=C\C/C=C\CCCCCCCC(=O)C(CCCCCC/C=C\C/C=C\CCCCC)C(=O)OCC(COP(=O)(O)O)OC(=O)C(CCCCCC/C=C\C/C=C\CCCCC)C(=O)CCCCCCC/C=C\C/C=C\CCCCC. The zero-order valence-corrected chi connectivity index (χ0v) is 56.4. The zero-order valence-electron chi connectivity index (χ0n) is 55.5. The summed E-state index contributed by atoms with van der Waals surface area (Å²) >= 11 is 0. The van der Waals surface area contributed by atoms with E-state index < -0.39 is 50.9 Å². The van der Waals surface area contributed by atoms with Gasteiger partial charge in [-0.3, -0.25) is 23.7 Å². The van der Waals surface area contributed by atoms with Gasteiger partial charge in [-0.05, 0) is 154 Å². The van der Waals surface area contributed by atoms with Crippen LogP contribution in [0, 0.1) is 11.8 Å². The van der Waals surface area contributed by atoms with Crippen molar-refractivity contribution in [3.63, 3.8) is 0 Å². The maximum absolute atomic E-state index is 14.1. The molecule has 0 aliphatic carbocycles. The van der Waals surface area contributed by atoms with E-state index >= 15 is 0 Å². The van der Waals surface area contributed by atoms with Crippen LogP contribution in [-0.4, -0.2) is 52.6 Å². The van der Waals surface area contributed by atoms with E-state index in [9.17, 15) is 33.5 Å². The van der Waals surface area contributed by atoms with Crippen molar-refractivity contribution in [1.82, 2.24) is 0 Å². The lowest BCUT2D eigenvalue weighted by atomic mass is 9.92. The van der Waals surface area contributed by atoms with Crippen molar-refractivity contribution in [2.24, 2.45) is 11.8 Å². The molecule has 0 aliphatic heterocycles. The van der Waals surface area contributed by atoms with E-state index in [1.165, 1.54) is 77.0 Å². The summed E-state index contributed by atoms with van der Waals surface area (Å²) in [6.45, 7) is 7.54. The van der Waals surface area contributed by atoms with Crippen LogP contribution >= 0.6 is 7.82 Å². The molecule has 3 atom stereocenters. The lowest BCUT2D eigenvalue weighted by Crippen LogP contribution is -2.36. The molecule has 2 N–H and O–H groups in total. The van der Waals surface area contributed by atoms with Crippen LogP contribution in [0.25, 0.3) is 0 Å². The Morgan fingerprint density at radius 1 is 0.337 bits per heavy atom. The number of unbranched alkanes of at least 4 members (excludes halogenated alkanes) is 30. The number of carbonyl (C=O) groups is 4. The summed E-state index contributed by atoms with van der Waals surface area (Å²) in [6.07, 6.45) is 78.9. The third-order valence-electron chi connectivity index (χ3n) is 15.6. The molecule has 0 aromatic carbocycles. The number of phosphoric acid groups is 1. The lowest BCUT2D eigenvalue weighted by Gasteiger charge is -2.23. The summed E-state index contributed by atoms with van der Waals surface area (Å²) in [5.74, 6) is -4.08. The smallest absolute Gasteiger partial charge is 0.461 e. The predicted octanol–water partition coefficient (Wildman–Crippen LogP) is 22.4. The number of Topliss-reactive ketones (excluding diaryl/α,β-unsaturated/α-hetero) is 2. The molecule has 494 valence electrons. The van der Waals surface area contributed by atoms with Gasteiger partial charge in [-0.25, -0.2) is 4.57 Å². The minimum absolute atomic E-state index is 0.188. The largest absolute Gasteiger partial charge is 0.469 e. The molecule has 0 aromatic rings. The van der Waals surface area contributed by atoms with Crippen molar-refractivity contribution in [2.45, 2.75) is 329 Å². The Bertz CT molecular complexity index is 1890. The highest BCUT2D eigenvalue weighted by molar-refractivity contribution is 7.46. The van der Waals surface area contributed by atoms with Gasteiger partial charge in [0.25, 0.3) is 0 Å². The molecule has 0 aliphatic rings. The van der Waals surface area contributed by atoms with Gasteiger partial charge in [-0.15, -0.1) is 0 Å². The molecule has 3 unspecified atom stereocenters.